The molecule has 0 atom stereocenters. The summed E-state index contributed by atoms with van der Waals surface area (Å²) in [7, 11) is 0. The molecule has 2 aromatic carbocycles. The smallest absolute Gasteiger partial charge is 0.416 e. The van der Waals surface area contributed by atoms with Crippen LogP contribution in [0.5, 0.6) is 11.5 Å². The number of rotatable bonds is 4. The lowest BCUT2D eigenvalue weighted by Crippen LogP contribution is -2.42. The molecular weight excluding hydrogens is 389 g/mol. The molecule has 2 heterocycles. The normalized spacial score (nSPS) is 15.7. The zero-order valence-electron chi connectivity index (χ0n) is 15.2. The van der Waals surface area contributed by atoms with Gasteiger partial charge in [0.1, 0.15) is 6.67 Å². The van der Waals surface area contributed by atoms with Crippen LogP contribution in [0.3, 0.4) is 0 Å². The highest BCUT2D eigenvalue weighted by atomic mass is 19.4. The number of nitrogens with zero attached hydrogens (tertiary/aromatic N) is 2. The van der Waals surface area contributed by atoms with E-state index >= 15 is 0 Å². The van der Waals surface area contributed by atoms with Crippen molar-refractivity contribution in [1.82, 2.24) is 4.90 Å². The number of anilines is 1. The predicted molar refractivity (Wildman–Crippen MR) is 96.6 cm³/mol. The molecule has 0 N–H and O–H groups in total. The molecule has 29 heavy (non-hydrogen) atoms. The molecule has 2 amide bonds. The summed E-state index contributed by atoms with van der Waals surface area (Å²) in [4.78, 5) is 27.9. The van der Waals surface area contributed by atoms with Gasteiger partial charge in [-0.05, 0) is 42.8 Å². The number of ether oxygens (including phenoxy) is 2. The third-order valence-electron chi connectivity index (χ3n) is 4.83. The van der Waals surface area contributed by atoms with Crippen LogP contribution in [-0.2, 0) is 11.0 Å². The molecule has 152 valence electrons. The quantitative estimate of drug-likeness (QED) is 0.778. The third-order valence-corrected chi connectivity index (χ3v) is 4.83. The van der Waals surface area contributed by atoms with Gasteiger partial charge in [-0.15, -0.1) is 0 Å². The maximum atomic E-state index is 13.2. The zero-order chi connectivity index (χ0) is 20.6. The molecule has 0 bridgehead atoms. The van der Waals surface area contributed by atoms with Crippen molar-refractivity contribution in [1.29, 1.82) is 0 Å². The van der Waals surface area contributed by atoms with Gasteiger partial charge in [-0.1, -0.05) is 6.07 Å². The van der Waals surface area contributed by atoms with Crippen molar-refractivity contribution < 1.29 is 32.2 Å². The molecule has 2 aliphatic rings. The second-order valence-corrected chi connectivity index (χ2v) is 6.75. The van der Waals surface area contributed by atoms with Crippen molar-refractivity contribution in [3.05, 3.63) is 53.6 Å². The molecule has 0 aromatic heterocycles. The van der Waals surface area contributed by atoms with E-state index in [-0.39, 0.29) is 30.6 Å². The van der Waals surface area contributed by atoms with Crippen molar-refractivity contribution in [3.8, 4) is 11.5 Å². The molecule has 4 rings (SSSR count). The maximum absolute atomic E-state index is 13.2. The molecule has 2 aliphatic heterocycles. The van der Waals surface area contributed by atoms with Crippen LogP contribution >= 0.6 is 0 Å². The van der Waals surface area contributed by atoms with Crippen molar-refractivity contribution in [2.45, 2.75) is 19.0 Å². The minimum Gasteiger partial charge on any atom is -0.454 e. The Morgan fingerprint density at radius 2 is 1.90 bits per heavy atom. The number of benzene rings is 2. The van der Waals surface area contributed by atoms with Crippen LogP contribution < -0.4 is 14.4 Å². The minimum absolute atomic E-state index is 0.0343. The van der Waals surface area contributed by atoms with Crippen LogP contribution in [0.1, 0.15) is 28.8 Å². The molecule has 1 saturated heterocycles. The Labute approximate surface area is 164 Å². The van der Waals surface area contributed by atoms with Crippen LogP contribution in [0.25, 0.3) is 0 Å². The molecule has 0 spiro atoms. The Kier molecular flexibility index (Phi) is 4.81. The molecule has 0 saturated carbocycles. The Bertz CT molecular complexity index is 961. The van der Waals surface area contributed by atoms with Gasteiger partial charge in [0, 0.05) is 24.2 Å². The van der Waals surface area contributed by atoms with Gasteiger partial charge in [0.15, 0.2) is 11.5 Å². The molecule has 2 aromatic rings. The predicted octanol–water partition coefficient (Wildman–Crippen LogP) is 3.66. The topological polar surface area (TPSA) is 59.1 Å². The van der Waals surface area contributed by atoms with E-state index in [1.807, 2.05) is 0 Å². The van der Waals surface area contributed by atoms with Crippen molar-refractivity contribution in [2.24, 2.45) is 0 Å². The van der Waals surface area contributed by atoms with Gasteiger partial charge in [-0.25, -0.2) is 0 Å². The summed E-state index contributed by atoms with van der Waals surface area (Å²) in [5.74, 6) is 0.196. The van der Waals surface area contributed by atoms with E-state index in [4.69, 9.17) is 9.47 Å². The van der Waals surface area contributed by atoms with Gasteiger partial charge in [0.05, 0.1) is 5.56 Å². The van der Waals surface area contributed by atoms with Crippen LogP contribution in [0.15, 0.2) is 42.5 Å². The summed E-state index contributed by atoms with van der Waals surface area (Å²) in [6.45, 7) is 0.350. The first kappa shape index (κ1) is 19.1. The molecule has 1 fully saturated rings. The Morgan fingerprint density at radius 1 is 1.10 bits per heavy atom. The van der Waals surface area contributed by atoms with E-state index < -0.39 is 17.6 Å². The first-order chi connectivity index (χ1) is 13.8. The van der Waals surface area contributed by atoms with E-state index in [0.717, 1.165) is 12.1 Å². The average molecular weight is 406 g/mol. The summed E-state index contributed by atoms with van der Waals surface area (Å²) >= 11 is 0. The lowest BCUT2D eigenvalue weighted by Gasteiger charge is -2.28. The van der Waals surface area contributed by atoms with Crippen LogP contribution in [0.4, 0.5) is 18.9 Å². The van der Waals surface area contributed by atoms with Gasteiger partial charge in [0.25, 0.3) is 5.91 Å². The molecular formula is C20H17F3N2O4. The molecule has 6 nitrogen and oxygen atoms in total. The Balaban J connectivity index is 1.70. The fourth-order valence-electron chi connectivity index (χ4n) is 3.32. The largest absolute Gasteiger partial charge is 0.454 e. The first-order valence-electron chi connectivity index (χ1n) is 8.99. The van der Waals surface area contributed by atoms with E-state index in [1.165, 1.54) is 34.1 Å². The number of halogens is 3. The number of amides is 2. The second-order valence-electron chi connectivity index (χ2n) is 6.75. The minimum atomic E-state index is -4.55. The summed E-state index contributed by atoms with van der Waals surface area (Å²) in [5, 5.41) is 0. The standard InChI is InChI=1S/C20H17F3N2O4/c21-20(22,23)14-3-1-4-15(10-14)25(11-24-8-2-5-18(24)26)19(27)13-6-7-16-17(9-13)29-12-28-16/h1,3-4,6-7,9-10H,2,5,8,11-12H2. The fourth-order valence-corrected chi connectivity index (χ4v) is 3.32. The van der Waals surface area contributed by atoms with Crippen LogP contribution in [0, 0.1) is 0 Å². The molecule has 9 heteroatoms. The van der Waals surface area contributed by atoms with E-state index in [0.29, 0.717) is 30.9 Å². The number of likely N-dealkylation sites (tertiary alicyclic amines) is 1. The number of hydrogen-bond acceptors (Lipinski definition) is 4. The molecule has 0 aliphatic carbocycles. The number of fused-ring (bicyclic) bond motifs is 1. The van der Waals surface area contributed by atoms with Crippen LogP contribution in [0.2, 0.25) is 0 Å². The summed E-state index contributed by atoms with van der Waals surface area (Å²) in [6, 6.07) is 9.07. The van der Waals surface area contributed by atoms with Crippen LogP contribution in [-0.4, -0.2) is 36.7 Å². The Hall–Kier alpha value is -3.23. The average Bonchev–Trinajstić information content (AvgIpc) is 3.33. The highest BCUT2D eigenvalue weighted by Gasteiger charge is 2.32. The van der Waals surface area contributed by atoms with E-state index in [9.17, 15) is 22.8 Å². The van der Waals surface area contributed by atoms with E-state index in [1.54, 1.807) is 6.07 Å². The lowest BCUT2D eigenvalue weighted by atomic mass is 10.1. The number of alkyl halides is 3. The molecule has 0 radical (unpaired) electrons. The van der Waals surface area contributed by atoms with Gasteiger partial charge in [0.2, 0.25) is 12.7 Å². The Morgan fingerprint density at radius 3 is 2.62 bits per heavy atom. The van der Waals surface area contributed by atoms with Gasteiger partial charge >= 0.3 is 6.18 Å². The third kappa shape index (κ3) is 3.85. The monoisotopic (exact) mass is 406 g/mol. The summed E-state index contributed by atoms with van der Waals surface area (Å²) < 4.78 is 50.0. The highest BCUT2D eigenvalue weighted by molar-refractivity contribution is 6.06. The van der Waals surface area contributed by atoms with Crippen molar-refractivity contribution >= 4 is 17.5 Å². The molecule has 0 unspecified atom stereocenters. The number of carbonyl (C=O) groups excluding carboxylic acids is 2. The van der Waals surface area contributed by atoms with E-state index in [2.05, 4.69) is 0 Å². The maximum Gasteiger partial charge on any atom is 0.416 e. The van der Waals surface area contributed by atoms with Gasteiger partial charge in [-0.3, -0.25) is 14.5 Å². The number of hydrogen-bond donors (Lipinski definition) is 0. The fraction of sp³-hybridized carbons (Fsp3) is 0.300. The van der Waals surface area contributed by atoms with Crippen molar-refractivity contribution in [3.63, 3.8) is 0 Å². The SMILES string of the molecule is O=C1CCCN1CN(C(=O)c1ccc2c(c1)OCO2)c1cccc(C(F)(F)F)c1. The van der Waals surface area contributed by atoms with Gasteiger partial charge < -0.3 is 14.4 Å². The summed E-state index contributed by atoms with van der Waals surface area (Å²) in [6.07, 6.45) is -3.55. The lowest BCUT2D eigenvalue weighted by molar-refractivity contribution is -0.137. The zero-order valence-corrected chi connectivity index (χ0v) is 15.2. The second kappa shape index (κ2) is 7.31. The first-order valence-corrected chi connectivity index (χ1v) is 8.99. The highest BCUT2D eigenvalue weighted by Crippen LogP contribution is 2.35. The van der Waals surface area contributed by atoms with Gasteiger partial charge in [-0.2, -0.15) is 13.2 Å². The number of carbonyl (C=O) groups is 2. The summed E-state index contributed by atoms with van der Waals surface area (Å²) in [5.41, 5.74) is -0.591. The van der Waals surface area contributed by atoms with Crippen molar-refractivity contribution in [2.75, 3.05) is 24.9 Å².